The summed E-state index contributed by atoms with van der Waals surface area (Å²) in [7, 11) is 0. The molecule has 1 aromatic heterocycles. The van der Waals surface area contributed by atoms with Gasteiger partial charge in [-0.1, -0.05) is 70.4 Å². The molecular formula is C16H30N2O. The van der Waals surface area contributed by atoms with Crippen molar-refractivity contribution >= 4 is 5.88 Å². The molecule has 0 aliphatic carbocycles. The second-order valence-corrected chi connectivity index (χ2v) is 5.40. The van der Waals surface area contributed by atoms with Crippen LogP contribution in [0.4, 0.5) is 5.88 Å². The standard InChI is InChI=1S/C16H30N2O/c1-3-5-6-7-8-9-10-11-12-13-15-14(4-2)16(17)19-18-15/h3-13,17H2,1-2H3. The van der Waals surface area contributed by atoms with Crippen molar-refractivity contribution in [2.24, 2.45) is 0 Å². The molecule has 0 aliphatic heterocycles. The van der Waals surface area contributed by atoms with Crippen LogP contribution in [0.3, 0.4) is 0 Å². The molecule has 0 fully saturated rings. The maximum Gasteiger partial charge on any atom is 0.225 e. The number of hydrogen-bond acceptors (Lipinski definition) is 3. The van der Waals surface area contributed by atoms with Crippen LogP contribution in [0.5, 0.6) is 0 Å². The van der Waals surface area contributed by atoms with Gasteiger partial charge in [0.2, 0.25) is 5.88 Å². The highest BCUT2D eigenvalue weighted by molar-refractivity contribution is 5.38. The van der Waals surface area contributed by atoms with E-state index in [2.05, 4.69) is 19.0 Å². The van der Waals surface area contributed by atoms with E-state index in [0.29, 0.717) is 5.88 Å². The third-order valence-corrected chi connectivity index (χ3v) is 3.77. The number of nitrogens with zero attached hydrogens (tertiary/aromatic N) is 1. The van der Waals surface area contributed by atoms with Crippen molar-refractivity contribution in [2.75, 3.05) is 5.73 Å². The topological polar surface area (TPSA) is 52.0 Å². The fourth-order valence-corrected chi connectivity index (χ4v) is 2.53. The molecule has 1 heterocycles. The smallest absolute Gasteiger partial charge is 0.225 e. The molecule has 0 aliphatic rings. The summed E-state index contributed by atoms with van der Waals surface area (Å²) in [5.41, 5.74) is 7.92. The zero-order chi connectivity index (χ0) is 13.9. The van der Waals surface area contributed by atoms with Crippen molar-refractivity contribution in [2.45, 2.75) is 84.5 Å². The average molecular weight is 266 g/mol. The van der Waals surface area contributed by atoms with Crippen LogP contribution < -0.4 is 5.73 Å². The average Bonchev–Trinajstić information content (AvgIpc) is 2.77. The molecule has 0 spiro atoms. The number of unbranched alkanes of at least 4 members (excludes halogenated alkanes) is 8. The van der Waals surface area contributed by atoms with Gasteiger partial charge in [0.25, 0.3) is 0 Å². The molecule has 1 rings (SSSR count). The summed E-state index contributed by atoms with van der Waals surface area (Å²) in [4.78, 5) is 0. The number of nitrogen functional groups attached to an aromatic ring is 1. The maximum absolute atomic E-state index is 5.73. The Morgan fingerprint density at radius 2 is 1.47 bits per heavy atom. The zero-order valence-electron chi connectivity index (χ0n) is 12.7. The summed E-state index contributed by atoms with van der Waals surface area (Å²) in [6.07, 6.45) is 14.1. The lowest BCUT2D eigenvalue weighted by Gasteiger charge is -2.02. The van der Waals surface area contributed by atoms with Crippen molar-refractivity contribution in [3.05, 3.63) is 11.3 Å². The van der Waals surface area contributed by atoms with Gasteiger partial charge in [-0.15, -0.1) is 0 Å². The molecule has 1 aromatic rings. The monoisotopic (exact) mass is 266 g/mol. The van der Waals surface area contributed by atoms with Crippen LogP contribution in [0.2, 0.25) is 0 Å². The highest BCUT2D eigenvalue weighted by atomic mass is 16.5. The Balaban J connectivity index is 2.01. The summed E-state index contributed by atoms with van der Waals surface area (Å²) >= 11 is 0. The van der Waals surface area contributed by atoms with Crippen LogP contribution in [0, 0.1) is 0 Å². The van der Waals surface area contributed by atoms with Crippen LogP contribution in [0.25, 0.3) is 0 Å². The van der Waals surface area contributed by atoms with Gasteiger partial charge in [0.15, 0.2) is 0 Å². The molecule has 3 nitrogen and oxygen atoms in total. The van der Waals surface area contributed by atoms with Crippen molar-refractivity contribution < 1.29 is 4.52 Å². The van der Waals surface area contributed by atoms with Gasteiger partial charge in [0.1, 0.15) is 0 Å². The first-order valence-electron chi connectivity index (χ1n) is 8.02. The van der Waals surface area contributed by atoms with E-state index in [-0.39, 0.29) is 0 Å². The van der Waals surface area contributed by atoms with Gasteiger partial charge in [-0.2, -0.15) is 0 Å². The van der Waals surface area contributed by atoms with Crippen molar-refractivity contribution in [1.29, 1.82) is 0 Å². The minimum absolute atomic E-state index is 0.508. The minimum atomic E-state index is 0.508. The zero-order valence-corrected chi connectivity index (χ0v) is 12.7. The first-order valence-corrected chi connectivity index (χ1v) is 8.02. The highest BCUT2D eigenvalue weighted by Gasteiger charge is 2.10. The SMILES string of the molecule is CCCCCCCCCCCc1noc(N)c1CC. The van der Waals surface area contributed by atoms with Gasteiger partial charge >= 0.3 is 0 Å². The van der Waals surface area contributed by atoms with Crippen LogP contribution in [-0.2, 0) is 12.8 Å². The second kappa shape index (κ2) is 9.88. The lowest BCUT2D eigenvalue weighted by atomic mass is 10.0. The Kier molecular flexibility index (Phi) is 8.35. The largest absolute Gasteiger partial charge is 0.367 e. The van der Waals surface area contributed by atoms with E-state index in [9.17, 15) is 0 Å². The molecule has 3 heteroatoms. The van der Waals surface area contributed by atoms with E-state index in [1.165, 1.54) is 57.8 Å². The molecule has 0 bridgehead atoms. The predicted molar refractivity (Wildman–Crippen MR) is 81.2 cm³/mol. The molecular weight excluding hydrogens is 236 g/mol. The first-order chi connectivity index (χ1) is 9.29. The Bertz CT molecular complexity index is 333. The summed E-state index contributed by atoms with van der Waals surface area (Å²) in [5.74, 6) is 0.508. The molecule has 0 saturated carbocycles. The Labute approximate surface area is 117 Å². The molecule has 0 aromatic carbocycles. The molecule has 2 N–H and O–H groups in total. The first kappa shape index (κ1) is 16.1. The van der Waals surface area contributed by atoms with Gasteiger partial charge in [0.05, 0.1) is 5.69 Å². The van der Waals surface area contributed by atoms with Gasteiger partial charge in [-0.25, -0.2) is 0 Å². The third kappa shape index (κ3) is 6.13. The second-order valence-electron chi connectivity index (χ2n) is 5.40. The van der Waals surface area contributed by atoms with E-state index < -0.39 is 0 Å². The number of anilines is 1. The van der Waals surface area contributed by atoms with Gasteiger partial charge in [0, 0.05) is 5.56 Å². The molecule has 0 amide bonds. The Morgan fingerprint density at radius 3 is 2.05 bits per heavy atom. The third-order valence-electron chi connectivity index (χ3n) is 3.77. The number of hydrogen-bond donors (Lipinski definition) is 1. The highest BCUT2D eigenvalue weighted by Crippen LogP contribution is 2.19. The van der Waals surface area contributed by atoms with E-state index in [0.717, 1.165) is 24.1 Å². The minimum Gasteiger partial charge on any atom is -0.367 e. The van der Waals surface area contributed by atoms with Crippen LogP contribution >= 0.6 is 0 Å². The normalized spacial score (nSPS) is 11.1. The molecule has 0 atom stereocenters. The van der Waals surface area contributed by atoms with Crippen LogP contribution in [0.1, 0.15) is 82.9 Å². The van der Waals surface area contributed by atoms with Crippen molar-refractivity contribution in [3.8, 4) is 0 Å². The van der Waals surface area contributed by atoms with Crippen LogP contribution in [-0.4, -0.2) is 5.16 Å². The van der Waals surface area contributed by atoms with E-state index in [4.69, 9.17) is 10.3 Å². The quantitative estimate of drug-likeness (QED) is 0.580. The number of aryl methyl sites for hydroxylation is 1. The van der Waals surface area contributed by atoms with Crippen molar-refractivity contribution in [3.63, 3.8) is 0 Å². The number of rotatable bonds is 11. The lowest BCUT2D eigenvalue weighted by molar-refractivity contribution is 0.425. The fraction of sp³-hybridized carbons (Fsp3) is 0.812. The number of aromatic nitrogens is 1. The van der Waals surface area contributed by atoms with Gasteiger partial charge < -0.3 is 10.3 Å². The predicted octanol–water partition coefficient (Wildman–Crippen LogP) is 4.89. The number of nitrogens with two attached hydrogens (primary N) is 1. The summed E-state index contributed by atoms with van der Waals surface area (Å²) in [5, 5.41) is 4.05. The molecule has 0 saturated heterocycles. The fourth-order valence-electron chi connectivity index (χ4n) is 2.53. The van der Waals surface area contributed by atoms with E-state index >= 15 is 0 Å². The summed E-state index contributed by atoms with van der Waals surface area (Å²) < 4.78 is 5.05. The Hall–Kier alpha value is -0.990. The van der Waals surface area contributed by atoms with Crippen molar-refractivity contribution in [1.82, 2.24) is 5.16 Å². The molecule has 19 heavy (non-hydrogen) atoms. The summed E-state index contributed by atoms with van der Waals surface area (Å²) in [6, 6.07) is 0. The van der Waals surface area contributed by atoms with E-state index in [1.807, 2.05) is 0 Å². The Morgan fingerprint density at radius 1 is 0.895 bits per heavy atom. The molecule has 110 valence electrons. The van der Waals surface area contributed by atoms with Gasteiger partial charge in [-0.3, -0.25) is 0 Å². The molecule has 0 unspecified atom stereocenters. The van der Waals surface area contributed by atoms with E-state index in [1.54, 1.807) is 0 Å². The lowest BCUT2D eigenvalue weighted by Crippen LogP contribution is -1.94. The van der Waals surface area contributed by atoms with Gasteiger partial charge in [-0.05, 0) is 19.3 Å². The maximum atomic E-state index is 5.73. The summed E-state index contributed by atoms with van der Waals surface area (Å²) in [6.45, 7) is 4.36. The van der Waals surface area contributed by atoms with Crippen LogP contribution in [0.15, 0.2) is 4.52 Å². The molecule has 0 radical (unpaired) electrons.